The van der Waals surface area contributed by atoms with Gasteiger partial charge in [-0.05, 0) is 18.6 Å². The zero-order chi connectivity index (χ0) is 12.8. The summed E-state index contributed by atoms with van der Waals surface area (Å²) in [5.74, 6) is -1.63. The predicted molar refractivity (Wildman–Crippen MR) is 62.4 cm³/mol. The Morgan fingerprint density at radius 1 is 1.59 bits per heavy atom. The zero-order valence-electron chi connectivity index (χ0n) is 9.51. The molecule has 6 heteroatoms. The Morgan fingerprint density at radius 2 is 2.29 bits per heavy atom. The quantitative estimate of drug-likeness (QED) is 0.697. The van der Waals surface area contributed by atoms with E-state index in [0.29, 0.717) is 12.8 Å². The summed E-state index contributed by atoms with van der Waals surface area (Å²) < 4.78 is 0. The summed E-state index contributed by atoms with van der Waals surface area (Å²) in [5, 5.41) is 11.3. The average Bonchev–Trinajstić information content (AvgIpc) is 2.28. The van der Waals surface area contributed by atoms with Crippen LogP contribution < -0.4 is 11.1 Å². The predicted octanol–water partition coefficient (Wildman–Crippen LogP) is 0.647. The lowest BCUT2D eigenvalue weighted by Crippen LogP contribution is -2.41. The maximum atomic E-state index is 11.7. The summed E-state index contributed by atoms with van der Waals surface area (Å²) >= 11 is 0. The van der Waals surface area contributed by atoms with Crippen molar-refractivity contribution in [1.82, 2.24) is 10.3 Å². The van der Waals surface area contributed by atoms with Crippen LogP contribution in [0.25, 0.3) is 0 Å². The number of hydrogen-bond donors (Lipinski definition) is 3. The minimum atomic E-state index is -1.06. The van der Waals surface area contributed by atoms with E-state index in [9.17, 15) is 9.59 Å². The van der Waals surface area contributed by atoms with Crippen molar-refractivity contribution in [2.75, 3.05) is 5.73 Å². The second kappa shape index (κ2) is 5.83. The highest BCUT2D eigenvalue weighted by Crippen LogP contribution is 2.07. The first-order valence-electron chi connectivity index (χ1n) is 5.30. The lowest BCUT2D eigenvalue weighted by atomic mass is 10.1. The highest BCUT2D eigenvalue weighted by Gasteiger charge is 2.21. The number of nitrogens with two attached hydrogens (primary N) is 1. The SMILES string of the molecule is CCCC(NC(=O)c1ncccc1N)C(=O)O. The Balaban J connectivity index is 2.77. The van der Waals surface area contributed by atoms with E-state index < -0.39 is 17.9 Å². The minimum Gasteiger partial charge on any atom is -0.480 e. The fourth-order valence-corrected chi connectivity index (χ4v) is 1.38. The summed E-state index contributed by atoms with van der Waals surface area (Å²) in [6.07, 6.45) is 2.46. The van der Waals surface area contributed by atoms with Crippen LogP contribution in [0.5, 0.6) is 0 Å². The molecule has 0 aliphatic carbocycles. The number of carbonyl (C=O) groups is 2. The highest BCUT2D eigenvalue weighted by atomic mass is 16.4. The van der Waals surface area contributed by atoms with Crippen LogP contribution in [0.2, 0.25) is 0 Å². The van der Waals surface area contributed by atoms with Gasteiger partial charge in [0.2, 0.25) is 0 Å². The average molecular weight is 237 g/mol. The van der Waals surface area contributed by atoms with Crippen molar-refractivity contribution in [1.29, 1.82) is 0 Å². The van der Waals surface area contributed by atoms with Crippen LogP contribution in [0.15, 0.2) is 18.3 Å². The second-order valence-corrected chi connectivity index (χ2v) is 3.59. The monoisotopic (exact) mass is 237 g/mol. The van der Waals surface area contributed by atoms with Gasteiger partial charge in [-0.1, -0.05) is 13.3 Å². The Labute approximate surface area is 98.8 Å². The van der Waals surface area contributed by atoms with Gasteiger partial charge in [0.05, 0.1) is 5.69 Å². The van der Waals surface area contributed by atoms with E-state index in [0.717, 1.165) is 0 Å². The largest absolute Gasteiger partial charge is 0.480 e. The Kier molecular flexibility index (Phi) is 4.45. The summed E-state index contributed by atoms with van der Waals surface area (Å²) in [7, 11) is 0. The number of carboxylic acids is 1. The molecule has 0 aliphatic rings. The summed E-state index contributed by atoms with van der Waals surface area (Å²) in [6.45, 7) is 1.84. The fourth-order valence-electron chi connectivity index (χ4n) is 1.38. The van der Waals surface area contributed by atoms with Crippen molar-refractivity contribution in [3.8, 4) is 0 Å². The second-order valence-electron chi connectivity index (χ2n) is 3.59. The zero-order valence-corrected chi connectivity index (χ0v) is 9.51. The smallest absolute Gasteiger partial charge is 0.326 e. The molecule has 1 aromatic heterocycles. The fraction of sp³-hybridized carbons (Fsp3) is 0.364. The van der Waals surface area contributed by atoms with Crippen LogP contribution in [0.1, 0.15) is 30.3 Å². The van der Waals surface area contributed by atoms with E-state index in [2.05, 4.69) is 10.3 Å². The van der Waals surface area contributed by atoms with Crippen LogP contribution in [0, 0.1) is 0 Å². The topological polar surface area (TPSA) is 105 Å². The molecule has 0 aliphatic heterocycles. The first-order chi connectivity index (χ1) is 8.06. The number of nitrogens with one attached hydrogen (secondary N) is 1. The molecule has 0 aromatic carbocycles. The van der Waals surface area contributed by atoms with Gasteiger partial charge in [0.25, 0.3) is 5.91 Å². The lowest BCUT2D eigenvalue weighted by molar-refractivity contribution is -0.139. The number of nitrogens with zero attached hydrogens (tertiary/aromatic N) is 1. The molecule has 4 N–H and O–H groups in total. The van der Waals surface area contributed by atoms with Crippen molar-refractivity contribution >= 4 is 17.6 Å². The number of anilines is 1. The normalized spacial score (nSPS) is 11.8. The molecule has 92 valence electrons. The Hall–Kier alpha value is -2.11. The van der Waals surface area contributed by atoms with Crippen LogP contribution >= 0.6 is 0 Å². The van der Waals surface area contributed by atoms with Crippen LogP contribution in [0.3, 0.4) is 0 Å². The third-order valence-corrected chi connectivity index (χ3v) is 2.23. The molecule has 1 atom stereocenters. The molecule has 0 saturated heterocycles. The standard InChI is InChI=1S/C11H15N3O3/c1-2-4-8(11(16)17)14-10(15)9-7(12)5-3-6-13-9/h3,5-6,8H,2,4,12H2,1H3,(H,14,15)(H,16,17). The molecular formula is C11H15N3O3. The van der Waals surface area contributed by atoms with Crippen LogP contribution in [0.4, 0.5) is 5.69 Å². The molecule has 0 spiro atoms. The maximum Gasteiger partial charge on any atom is 0.326 e. The molecule has 1 unspecified atom stereocenters. The summed E-state index contributed by atoms with van der Waals surface area (Å²) in [4.78, 5) is 26.4. The van der Waals surface area contributed by atoms with Crippen molar-refractivity contribution in [3.63, 3.8) is 0 Å². The number of rotatable bonds is 5. The first-order valence-corrected chi connectivity index (χ1v) is 5.30. The van der Waals surface area contributed by atoms with Gasteiger partial charge in [-0.2, -0.15) is 0 Å². The molecule has 1 aromatic rings. The van der Waals surface area contributed by atoms with Crippen LogP contribution in [-0.2, 0) is 4.79 Å². The van der Waals surface area contributed by atoms with Crippen LogP contribution in [-0.4, -0.2) is 28.0 Å². The van der Waals surface area contributed by atoms with Gasteiger partial charge in [0.15, 0.2) is 5.69 Å². The van der Waals surface area contributed by atoms with Crippen molar-refractivity contribution < 1.29 is 14.7 Å². The van der Waals surface area contributed by atoms with Gasteiger partial charge in [0.1, 0.15) is 6.04 Å². The minimum absolute atomic E-state index is 0.0508. The third kappa shape index (κ3) is 3.44. The van der Waals surface area contributed by atoms with E-state index in [-0.39, 0.29) is 11.4 Å². The molecule has 0 saturated carbocycles. The van der Waals surface area contributed by atoms with Gasteiger partial charge >= 0.3 is 5.97 Å². The van der Waals surface area contributed by atoms with Crippen molar-refractivity contribution in [2.45, 2.75) is 25.8 Å². The van der Waals surface area contributed by atoms with Gasteiger partial charge in [-0.3, -0.25) is 4.79 Å². The molecule has 0 fully saturated rings. The van der Waals surface area contributed by atoms with Gasteiger partial charge < -0.3 is 16.2 Å². The van der Waals surface area contributed by atoms with E-state index in [1.54, 1.807) is 6.07 Å². The lowest BCUT2D eigenvalue weighted by Gasteiger charge is -2.13. The summed E-state index contributed by atoms with van der Waals surface area (Å²) in [6, 6.07) is 2.23. The number of carboxylic acid groups (broad SMARTS) is 1. The van der Waals surface area contributed by atoms with Gasteiger partial charge in [0, 0.05) is 6.20 Å². The maximum absolute atomic E-state index is 11.7. The molecule has 6 nitrogen and oxygen atoms in total. The highest BCUT2D eigenvalue weighted by molar-refractivity contribution is 5.98. The number of pyridine rings is 1. The van der Waals surface area contributed by atoms with E-state index in [1.807, 2.05) is 6.92 Å². The molecule has 0 radical (unpaired) electrons. The van der Waals surface area contributed by atoms with E-state index in [1.165, 1.54) is 12.3 Å². The molecule has 1 rings (SSSR count). The Morgan fingerprint density at radius 3 is 2.82 bits per heavy atom. The number of hydrogen-bond acceptors (Lipinski definition) is 4. The number of amides is 1. The molecule has 1 amide bonds. The number of aromatic nitrogens is 1. The summed E-state index contributed by atoms with van der Waals surface area (Å²) in [5.41, 5.74) is 5.85. The third-order valence-electron chi connectivity index (χ3n) is 2.23. The van der Waals surface area contributed by atoms with Crippen molar-refractivity contribution in [2.24, 2.45) is 0 Å². The van der Waals surface area contributed by atoms with Crippen molar-refractivity contribution in [3.05, 3.63) is 24.0 Å². The molecular weight excluding hydrogens is 222 g/mol. The Bertz CT molecular complexity index is 420. The van der Waals surface area contributed by atoms with Gasteiger partial charge in [-0.15, -0.1) is 0 Å². The number of nitrogen functional groups attached to an aromatic ring is 1. The number of carbonyl (C=O) groups excluding carboxylic acids is 1. The number of aliphatic carboxylic acids is 1. The van der Waals surface area contributed by atoms with E-state index >= 15 is 0 Å². The van der Waals surface area contributed by atoms with E-state index in [4.69, 9.17) is 10.8 Å². The molecule has 1 heterocycles. The van der Waals surface area contributed by atoms with Gasteiger partial charge in [-0.25, -0.2) is 9.78 Å². The molecule has 17 heavy (non-hydrogen) atoms. The first kappa shape index (κ1) is 13.0. The molecule has 0 bridgehead atoms.